The van der Waals surface area contributed by atoms with Crippen LogP contribution in [0.15, 0.2) is 72.3 Å². The van der Waals surface area contributed by atoms with Gasteiger partial charge in [0.05, 0.1) is 5.52 Å². The van der Waals surface area contributed by atoms with Crippen molar-refractivity contribution in [2.75, 3.05) is 0 Å². The molecule has 2 aromatic carbocycles. The summed E-state index contributed by atoms with van der Waals surface area (Å²) in [6.45, 7) is 0. The fraction of sp³-hybridized carbons (Fsp3) is 0.0556. The third kappa shape index (κ3) is 2.88. The van der Waals surface area contributed by atoms with E-state index in [4.69, 9.17) is 11.6 Å². The quantitative estimate of drug-likeness (QED) is 0.496. The van der Waals surface area contributed by atoms with Crippen molar-refractivity contribution >= 4 is 34.3 Å². The monoisotopic (exact) mass is 352 g/mol. The van der Waals surface area contributed by atoms with Crippen LogP contribution in [-0.4, -0.2) is 19.7 Å². The second-order valence-corrected chi connectivity index (χ2v) is 6.56. The Balaban J connectivity index is 1.63. The molecule has 0 amide bonds. The van der Waals surface area contributed by atoms with E-state index in [0.29, 0.717) is 0 Å². The summed E-state index contributed by atoms with van der Waals surface area (Å²) in [5.41, 5.74) is 3.11. The summed E-state index contributed by atoms with van der Waals surface area (Å²) in [6.07, 6.45) is 3.52. The minimum absolute atomic E-state index is 0.722. The molecule has 0 saturated carbocycles. The highest BCUT2D eigenvalue weighted by atomic mass is 35.5. The second-order valence-electron chi connectivity index (χ2n) is 5.21. The molecule has 0 aliphatic heterocycles. The van der Waals surface area contributed by atoms with Gasteiger partial charge in [-0.25, -0.2) is 0 Å². The van der Waals surface area contributed by atoms with Gasteiger partial charge in [0.15, 0.2) is 5.16 Å². The zero-order chi connectivity index (χ0) is 16.4. The maximum Gasteiger partial charge on any atom is 0.195 e. The van der Waals surface area contributed by atoms with E-state index in [1.165, 1.54) is 0 Å². The fourth-order valence-corrected chi connectivity index (χ4v) is 3.67. The molecule has 0 unspecified atom stereocenters. The normalized spacial score (nSPS) is 11.0. The molecular formula is C18H13ClN4S. The van der Waals surface area contributed by atoms with Gasteiger partial charge in [-0.2, -0.15) is 0 Å². The average molecular weight is 353 g/mol. The summed E-state index contributed by atoms with van der Waals surface area (Å²) in [6, 6.07) is 17.9. The van der Waals surface area contributed by atoms with Crippen molar-refractivity contribution in [3.8, 4) is 5.69 Å². The van der Waals surface area contributed by atoms with E-state index in [1.807, 2.05) is 59.2 Å². The Morgan fingerprint density at radius 1 is 1.00 bits per heavy atom. The predicted molar refractivity (Wildman–Crippen MR) is 97.7 cm³/mol. The molecule has 118 valence electrons. The lowest BCUT2D eigenvalue weighted by atomic mass is 10.1. The van der Waals surface area contributed by atoms with Crippen LogP contribution >= 0.6 is 23.4 Å². The number of para-hydroxylation sites is 1. The first kappa shape index (κ1) is 15.2. The maximum atomic E-state index is 6.26. The van der Waals surface area contributed by atoms with Crippen molar-refractivity contribution in [2.45, 2.75) is 10.9 Å². The van der Waals surface area contributed by atoms with Crippen LogP contribution in [0.3, 0.4) is 0 Å². The lowest BCUT2D eigenvalue weighted by Crippen LogP contribution is -1.95. The van der Waals surface area contributed by atoms with Crippen LogP contribution in [0.5, 0.6) is 0 Å². The van der Waals surface area contributed by atoms with Gasteiger partial charge in [0.2, 0.25) is 0 Å². The SMILES string of the molecule is Clc1ccc(CSc2nncn2-c2ccccc2)c2ncccc12. The Morgan fingerprint density at radius 2 is 1.88 bits per heavy atom. The zero-order valence-electron chi connectivity index (χ0n) is 12.6. The molecule has 2 aromatic heterocycles. The molecule has 4 nitrogen and oxygen atoms in total. The summed E-state index contributed by atoms with van der Waals surface area (Å²) in [5, 5.41) is 10.8. The molecule has 0 spiro atoms. The molecule has 0 aliphatic carbocycles. The van der Waals surface area contributed by atoms with Crippen LogP contribution in [0.2, 0.25) is 5.02 Å². The van der Waals surface area contributed by atoms with E-state index in [1.54, 1.807) is 24.3 Å². The molecule has 0 fully saturated rings. The van der Waals surface area contributed by atoms with E-state index < -0.39 is 0 Å². The topological polar surface area (TPSA) is 43.6 Å². The second kappa shape index (κ2) is 6.63. The first-order valence-electron chi connectivity index (χ1n) is 7.43. The van der Waals surface area contributed by atoms with Gasteiger partial charge >= 0.3 is 0 Å². The number of pyridine rings is 1. The maximum absolute atomic E-state index is 6.26. The van der Waals surface area contributed by atoms with Crippen molar-refractivity contribution in [1.82, 2.24) is 19.7 Å². The number of aromatic nitrogens is 4. The van der Waals surface area contributed by atoms with Crippen LogP contribution in [0.1, 0.15) is 5.56 Å². The third-order valence-corrected chi connectivity index (χ3v) is 5.03. The molecule has 0 bridgehead atoms. The summed E-state index contributed by atoms with van der Waals surface area (Å²) < 4.78 is 1.98. The van der Waals surface area contributed by atoms with Gasteiger partial charge in [0.25, 0.3) is 0 Å². The summed E-state index contributed by atoms with van der Waals surface area (Å²) in [4.78, 5) is 4.48. The minimum atomic E-state index is 0.722. The van der Waals surface area contributed by atoms with Gasteiger partial charge in [0.1, 0.15) is 6.33 Å². The number of hydrogen-bond donors (Lipinski definition) is 0. The van der Waals surface area contributed by atoms with Crippen LogP contribution in [-0.2, 0) is 5.75 Å². The van der Waals surface area contributed by atoms with E-state index >= 15 is 0 Å². The Hall–Kier alpha value is -2.37. The molecule has 0 atom stereocenters. The van der Waals surface area contributed by atoms with Crippen molar-refractivity contribution in [3.63, 3.8) is 0 Å². The molecule has 6 heteroatoms. The fourth-order valence-electron chi connectivity index (χ4n) is 2.54. The Labute approximate surface area is 148 Å². The van der Waals surface area contributed by atoms with E-state index in [9.17, 15) is 0 Å². The third-order valence-electron chi connectivity index (χ3n) is 3.71. The van der Waals surface area contributed by atoms with Gasteiger partial charge in [-0.3, -0.25) is 9.55 Å². The van der Waals surface area contributed by atoms with Crippen LogP contribution in [0.25, 0.3) is 16.6 Å². The molecule has 2 heterocycles. The largest absolute Gasteiger partial charge is 0.277 e. The molecule has 0 saturated heterocycles. The minimum Gasteiger partial charge on any atom is -0.277 e. The standard InChI is InChI=1S/C18H13ClN4S/c19-16-9-8-13(17-15(16)7-4-10-20-17)11-24-18-22-21-12-23(18)14-5-2-1-3-6-14/h1-10,12H,11H2. The number of benzene rings is 2. The predicted octanol–water partition coefficient (Wildman–Crippen LogP) is 4.76. The number of rotatable bonds is 4. The van der Waals surface area contributed by atoms with Crippen molar-refractivity contribution in [1.29, 1.82) is 0 Å². The number of nitrogens with zero attached hydrogens (tertiary/aromatic N) is 4. The Morgan fingerprint density at radius 3 is 2.75 bits per heavy atom. The molecule has 0 radical (unpaired) electrons. The average Bonchev–Trinajstić information content (AvgIpc) is 3.11. The molecule has 4 aromatic rings. The molecule has 0 aliphatic rings. The number of halogens is 1. The zero-order valence-corrected chi connectivity index (χ0v) is 14.2. The van der Waals surface area contributed by atoms with Crippen LogP contribution in [0, 0.1) is 0 Å². The summed E-state index contributed by atoms with van der Waals surface area (Å²) >= 11 is 7.89. The summed E-state index contributed by atoms with van der Waals surface area (Å²) in [5.74, 6) is 0.746. The van der Waals surface area contributed by atoms with E-state index in [2.05, 4.69) is 15.2 Å². The highest BCUT2D eigenvalue weighted by Gasteiger charge is 2.10. The highest BCUT2D eigenvalue weighted by Crippen LogP contribution is 2.29. The number of fused-ring (bicyclic) bond motifs is 1. The van der Waals surface area contributed by atoms with E-state index in [0.717, 1.165) is 38.1 Å². The lowest BCUT2D eigenvalue weighted by Gasteiger charge is -2.08. The molecule has 24 heavy (non-hydrogen) atoms. The van der Waals surface area contributed by atoms with E-state index in [-0.39, 0.29) is 0 Å². The van der Waals surface area contributed by atoms with Crippen molar-refractivity contribution < 1.29 is 0 Å². The number of thioether (sulfide) groups is 1. The number of hydrogen-bond acceptors (Lipinski definition) is 4. The Bertz CT molecular complexity index is 985. The van der Waals surface area contributed by atoms with Crippen LogP contribution < -0.4 is 0 Å². The first-order chi connectivity index (χ1) is 11.8. The smallest absolute Gasteiger partial charge is 0.195 e. The summed E-state index contributed by atoms with van der Waals surface area (Å²) in [7, 11) is 0. The van der Waals surface area contributed by atoms with Gasteiger partial charge in [-0.1, -0.05) is 47.6 Å². The Kier molecular flexibility index (Phi) is 4.19. The molecule has 4 rings (SSSR count). The van der Waals surface area contributed by atoms with Gasteiger partial charge in [0, 0.05) is 28.0 Å². The van der Waals surface area contributed by atoms with Crippen LogP contribution in [0.4, 0.5) is 0 Å². The van der Waals surface area contributed by atoms with Crippen molar-refractivity contribution in [3.05, 3.63) is 77.7 Å². The lowest BCUT2D eigenvalue weighted by molar-refractivity contribution is 0.884. The molecule has 0 N–H and O–H groups in total. The first-order valence-corrected chi connectivity index (χ1v) is 8.79. The van der Waals surface area contributed by atoms with Crippen molar-refractivity contribution in [2.24, 2.45) is 0 Å². The van der Waals surface area contributed by atoms with Gasteiger partial charge < -0.3 is 0 Å². The van der Waals surface area contributed by atoms with Gasteiger partial charge in [-0.05, 0) is 35.9 Å². The van der Waals surface area contributed by atoms with Gasteiger partial charge in [-0.15, -0.1) is 10.2 Å². The molecular weight excluding hydrogens is 340 g/mol. The highest BCUT2D eigenvalue weighted by molar-refractivity contribution is 7.98.